The van der Waals surface area contributed by atoms with Crippen LogP contribution in [-0.2, 0) is 6.18 Å². The number of aromatic nitrogens is 5. The molecule has 0 saturated heterocycles. The molecule has 0 aliphatic carbocycles. The minimum atomic E-state index is -4.87. The number of para-hydroxylation sites is 2. The van der Waals surface area contributed by atoms with E-state index in [1.807, 2.05) is 197 Å². The van der Waals surface area contributed by atoms with Crippen LogP contribution in [0.25, 0.3) is 123 Å². The monoisotopic (exact) mass is 985 g/mol. The number of fused-ring (bicyclic) bond motifs is 6. The van der Waals surface area contributed by atoms with E-state index in [1.165, 1.54) is 6.07 Å². The maximum atomic E-state index is 16.5. The summed E-state index contributed by atoms with van der Waals surface area (Å²) in [6, 6.07) is 75.7. The van der Waals surface area contributed by atoms with Crippen molar-refractivity contribution in [2.24, 2.45) is 0 Å². The molecule has 0 radical (unpaired) electrons. The highest BCUT2D eigenvalue weighted by Crippen LogP contribution is 2.50. The Kier molecular flexibility index (Phi) is 10.9. The van der Waals surface area contributed by atoms with Gasteiger partial charge in [-0.15, -0.1) is 0 Å². The zero-order valence-electron chi connectivity index (χ0n) is 40.2. The Bertz CT molecular complexity index is 4480. The Morgan fingerprint density at radius 1 is 0.342 bits per heavy atom. The molecule has 7 nitrogen and oxygen atoms in total. The maximum absolute atomic E-state index is 16.5. The molecule has 358 valence electrons. The highest BCUT2D eigenvalue weighted by atomic mass is 19.4. The van der Waals surface area contributed by atoms with Crippen LogP contribution in [0.1, 0.15) is 16.7 Å². The predicted molar refractivity (Wildman–Crippen MR) is 296 cm³/mol. The standard InChI is InChI=1S/C66H38F3N7/c67-66(68,69)54-28-16-32-60(76-56-30-14-12-26-50(56)53-38-44(34-36-58(53)76)48-24-10-8-22-46(48)40-71)62(54)61-51(65-73-63(41-17-3-1-4-18-41)72-64(74-65)42-19-5-2-6-20-42)27-15-31-59(61)75-55-29-13-11-25-49(55)52-37-43(33-35-57(52)75)47-23-9-7-21-45(47)39-70/h1-38H. The molecule has 0 N–H and O–H groups in total. The summed E-state index contributed by atoms with van der Waals surface area (Å²) in [4.78, 5) is 15.3. The molecular formula is C66H38F3N7. The zero-order chi connectivity index (χ0) is 51.5. The summed E-state index contributed by atoms with van der Waals surface area (Å²) < 4.78 is 53.6. The van der Waals surface area contributed by atoms with Crippen LogP contribution in [0, 0.1) is 22.7 Å². The summed E-state index contributed by atoms with van der Waals surface area (Å²) in [5.74, 6) is 0.873. The van der Waals surface area contributed by atoms with E-state index < -0.39 is 11.7 Å². The lowest BCUT2D eigenvalue weighted by Crippen LogP contribution is -2.12. The third-order valence-corrected chi connectivity index (χ3v) is 14.1. The smallest absolute Gasteiger partial charge is 0.309 e. The summed E-state index contributed by atoms with van der Waals surface area (Å²) in [7, 11) is 0. The van der Waals surface area contributed by atoms with Crippen LogP contribution in [0.2, 0.25) is 0 Å². The van der Waals surface area contributed by atoms with Gasteiger partial charge >= 0.3 is 6.18 Å². The van der Waals surface area contributed by atoms with Crippen molar-refractivity contribution in [1.82, 2.24) is 24.1 Å². The fourth-order valence-electron chi connectivity index (χ4n) is 10.8. The van der Waals surface area contributed by atoms with E-state index in [0.29, 0.717) is 56.2 Å². The van der Waals surface area contributed by atoms with E-state index in [-0.39, 0.29) is 22.6 Å². The molecule has 0 atom stereocenters. The van der Waals surface area contributed by atoms with E-state index in [1.54, 1.807) is 24.3 Å². The van der Waals surface area contributed by atoms with Crippen LogP contribution in [0.15, 0.2) is 231 Å². The second kappa shape index (κ2) is 18.3. The molecule has 0 fully saturated rings. The molecule has 76 heavy (non-hydrogen) atoms. The minimum Gasteiger partial charge on any atom is -0.309 e. The van der Waals surface area contributed by atoms with Crippen LogP contribution >= 0.6 is 0 Å². The Morgan fingerprint density at radius 2 is 0.750 bits per heavy atom. The molecule has 10 aromatic carbocycles. The van der Waals surface area contributed by atoms with Crippen LogP contribution in [0.4, 0.5) is 13.2 Å². The van der Waals surface area contributed by atoms with Gasteiger partial charge in [-0.05, 0) is 89.0 Å². The number of nitriles is 2. The fourth-order valence-corrected chi connectivity index (χ4v) is 10.8. The Balaban J connectivity index is 1.17. The van der Waals surface area contributed by atoms with E-state index in [0.717, 1.165) is 60.9 Å². The van der Waals surface area contributed by atoms with Crippen molar-refractivity contribution < 1.29 is 13.2 Å². The van der Waals surface area contributed by atoms with Crippen LogP contribution in [0.3, 0.4) is 0 Å². The van der Waals surface area contributed by atoms with Crippen molar-refractivity contribution in [3.63, 3.8) is 0 Å². The number of hydrogen-bond donors (Lipinski definition) is 0. The van der Waals surface area contributed by atoms with Crippen molar-refractivity contribution in [2.45, 2.75) is 6.18 Å². The second-order valence-corrected chi connectivity index (χ2v) is 18.4. The molecule has 10 heteroatoms. The molecule has 0 amide bonds. The second-order valence-electron chi connectivity index (χ2n) is 18.4. The molecule has 0 bridgehead atoms. The molecular weight excluding hydrogens is 948 g/mol. The first kappa shape index (κ1) is 45.4. The van der Waals surface area contributed by atoms with Gasteiger partial charge in [-0.25, -0.2) is 15.0 Å². The van der Waals surface area contributed by atoms with Gasteiger partial charge in [-0.1, -0.05) is 164 Å². The normalized spacial score (nSPS) is 11.6. The number of nitrogens with zero attached hydrogens (tertiary/aromatic N) is 7. The SMILES string of the molecule is N#Cc1ccccc1-c1ccc2c(c1)c1ccccc1n2-c1cccc(-c2nc(-c3ccccc3)nc(-c3ccccc3)n2)c1-c1c(-n2c3ccccc3c3cc(-c4ccccc4C#N)ccc32)cccc1C(F)(F)F. The molecule has 3 heterocycles. The lowest BCUT2D eigenvalue weighted by Gasteiger charge is -2.24. The van der Waals surface area contributed by atoms with Gasteiger partial charge in [0.2, 0.25) is 0 Å². The van der Waals surface area contributed by atoms with Crippen molar-refractivity contribution in [2.75, 3.05) is 0 Å². The van der Waals surface area contributed by atoms with Crippen LogP contribution in [-0.4, -0.2) is 24.1 Å². The van der Waals surface area contributed by atoms with Crippen molar-refractivity contribution >= 4 is 43.6 Å². The van der Waals surface area contributed by atoms with Gasteiger partial charge in [0.25, 0.3) is 0 Å². The average Bonchev–Trinajstić information content (AvgIpc) is 4.07. The van der Waals surface area contributed by atoms with Gasteiger partial charge in [0, 0.05) is 49.4 Å². The van der Waals surface area contributed by atoms with Crippen molar-refractivity contribution in [1.29, 1.82) is 10.5 Å². The third kappa shape index (κ3) is 7.55. The Hall–Kier alpha value is -10.4. The Labute approximate surface area is 433 Å². The van der Waals surface area contributed by atoms with Gasteiger partial charge in [0.1, 0.15) is 0 Å². The summed E-state index contributed by atoms with van der Waals surface area (Å²) >= 11 is 0. The molecule has 0 spiro atoms. The first-order valence-electron chi connectivity index (χ1n) is 24.5. The first-order chi connectivity index (χ1) is 37.3. The lowest BCUT2D eigenvalue weighted by atomic mass is 9.90. The largest absolute Gasteiger partial charge is 0.417 e. The van der Waals surface area contributed by atoms with Gasteiger partial charge in [0.15, 0.2) is 17.5 Å². The topological polar surface area (TPSA) is 96.1 Å². The van der Waals surface area contributed by atoms with E-state index in [2.05, 4.69) is 18.2 Å². The van der Waals surface area contributed by atoms with Crippen molar-refractivity contribution in [3.8, 4) is 91.1 Å². The lowest BCUT2D eigenvalue weighted by molar-refractivity contribution is -0.137. The fraction of sp³-hybridized carbons (Fsp3) is 0.0152. The quantitative estimate of drug-likeness (QED) is 0.151. The zero-order valence-corrected chi connectivity index (χ0v) is 40.2. The number of rotatable bonds is 8. The third-order valence-electron chi connectivity index (χ3n) is 14.1. The highest BCUT2D eigenvalue weighted by molar-refractivity contribution is 6.13. The van der Waals surface area contributed by atoms with Gasteiger partial charge in [0.05, 0.1) is 62.3 Å². The van der Waals surface area contributed by atoms with E-state index >= 15 is 13.2 Å². The van der Waals surface area contributed by atoms with Gasteiger partial charge in [-0.2, -0.15) is 23.7 Å². The van der Waals surface area contributed by atoms with E-state index in [4.69, 9.17) is 15.0 Å². The molecule has 13 aromatic rings. The number of alkyl halides is 3. The van der Waals surface area contributed by atoms with E-state index in [9.17, 15) is 10.5 Å². The minimum absolute atomic E-state index is 0.0874. The molecule has 0 aliphatic rings. The van der Waals surface area contributed by atoms with Gasteiger partial charge < -0.3 is 9.13 Å². The predicted octanol–water partition coefficient (Wildman–Crippen LogP) is 16.8. The summed E-state index contributed by atoms with van der Waals surface area (Å²) in [6.45, 7) is 0. The summed E-state index contributed by atoms with van der Waals surface area (Å²) in [6.07, 6.45) is -4.87. The molecule has 13 rings (SSSR count). The Morgan fingerprint density at radius 3 is 1.25 bits per heavy atom. The molecule has 0 unspecified atom stereocenters. The maximum Gasteiger partial charge on any atom is 0.417 e. The number of benzene rings is 10. The van der Waals surface area contributed by atoms with Crippen molar-refractivity contribution in [3.05, 3.63) is 247 Å². The van der Waals surface area contributed by atoms with Crippen LogP contribution in [0.5, 0.6) is 0 Å². The van der Waals surface area contributed by atoms with Gasteiger partial charge in [-0.3, -0.25) is 0 Å². The summed E-state index contributed by atoms with van der Waals surface area (Å²) in [5.41, 5.74) is 8.76. The molecule has 3 aromatic heterocycles. The average molecular weight is 986 g/mol. The number of hydrogen-bond acceptors (Lipinski definition) is 5. The highest BCUT2D eigenvalue weighted by Gasteiger charge is 2.38. The molecule has 0 aliphatic heterocycles. The summed E-state index contributed by atoms with van der Waals surface area (Å²) in [5, 5.41) is 23.6. The van der Waals surface area contributed by atoms with Crippen LogP contribution < -0.4 is 0 Å². The molecule has 0 saturated carbocycles. The first-order valence-corrected chi connectivity index (χ1v) is 24.5. The number of halogens is 3.